The molecule has 9 nitrogen and oxygen atoms in total. The van der Waals surface area contributed by atoms with Gasteiger partial charge in [0, 0.05) is 5.39 Å². The number of nitriles is 1. The summed E-state index contributed by atoms with van der Waals surface area (Å²) in [6.07, 6.45) is 0. The fraction of sp³-hybridized carbons (Fsp3) is 0.0769. The van der Waals surface area contributed by atoms with E-state index in [1.54, 1.807) is 42.5 Å². The molecule has 0 fully saturated rings. The first kappa shape index (κ1) is 23.0. The van der Waals surface area contributed by atoms with Gasteiger partial charge in [0.25, 0.3) is 16.7 Å². The van der Waals surface area contributed by atoms with E-state index in [0.717, 1.165) is 17.3 Å². The number of hydrogen-bond acceptors (Lipinski definition) is 8. The van der Waals surface area contributed by atoms with Crippen LogP contribution in [0.4, 0.5) is 5.69 Å². The van der Waals surface area contributed by atoms with Gasteiger partial charge < -0.3 is 9.73 Å². The smallest absolute Gasteiger partial charge is 0.277 e. The zero-order valence-electron chi connectivity index (χ0n) is 18.8. The first-order valence-corrected chi connectivity index (χ1v) is 11.9. The first-order chi connectivity index (χ1) is 17.6. The third-order valence-electron chi connectivity index (χ3n) is 5.30. The van der Waals surface area contributed by atoms with Crippen LogP contribution in [-0.4, -0.2) is 31.6 Å². The molecule has 2 heterocycles. The zero-order chi connectivity index (χ0) is 24.9. The predicted octanol–water partition coefficient (Wildman–Crippen LogP) is 4.10. The van der Waals surface area contributed by atoms with E-state index in [1.165, 1.54) is 4.68 Å². The molecule has 0 spiro atoms. The van der Waals surface area contributed by atoms with Crippen molar-refractivity contribution in [1.29, 1.82) is 5.26 Å². The number of hydrogen-bond donors (Lipinski definition) is 1. The number of rotatable bonds is 7. The van der Waals surface area contributed by atoms with E-state index in [1.807, 2.05) is 42.5 Å². The molecule has 176 valence electrons. The topological polar surface area (TPSA) is 127 Å². The zero-order valence-corrected chi connectivity index (χ0v) is 19.6. The van der Waals surface area contributed by atoms with Crippen LogP contribution in [0, 0.1) is 11.3 Å². The second kappa shape index (κ2) is 10.2. The second-order valence-electron chi connectivity index (χ2n) is 7.71. The summed E-state index contributed by atoms with van der Waals surface area (Å²) < 4.78 is 7.18. The molecule has 10 heteroatoms. The van der Waals surface area contributed by atoms with Crippen molar-refractivity contribution < 1.29 is 9.21 Å². The summed E-state index contributed by atoms with van der Waals surface area (Å²) in [5.74, 6) is -0.170. The van der Waals surface area contributed by atoms with Crippen LogP contribution in [0.3, 0.4) is 0 Å². The van der Waals surface area contributed by atoms with Crippen molar-refractivity contribution >= 4 is 34.1 Å². The molecule has 0 unspecified atom stereocenters. The van der Waals surface area contributed by atoms with Crippen molar-refractivity contribution in [3.05, 3.63) is 100 Å². The molecule has 36 heavy (non-hydrogen) atoms. The van der Waals surface area contributed by atoms with Crippen molar-refractivity contribution in [2.75, 3.05) is 11.1 Å². The molecule has 5 aromatic rings. The van der Waals surface area contributed by atoms with Crippen LogP contribution < -0.4 is 10.9 Å². The molecule has 0 aliphatic heterocycles. The Morgan fingerprint density at radius 2 is 1.69 bits per heavy atom. The van der Waals surface area contributed by atoms with Gasteiger partial charge >= 0.3 is 0 Å². The number of nitrogens with one attached hydrogen (secondary N) is 1. The van der Waals surface area contributed by atoms with Gasteiger partial charge in [-0.05, 0) is 23.8 Å². The maximum Gasteiger partial charge on any atom is 0.277 e. The van der Waals surface area contributed by atoms with E-state index in [-0.39, 0.29) is 34.9 Å². The van der Waals surface area contributed by atoms with E-state index in [9.17, 15) is 14.9 Å². The van der Waals surface area contributed by atoms with Gasteiger partial charge in [-0.2, -0.15) is 10.4 Å². The molecule has 5 rings (SSSR count). The standard InChI is InChI=1S/C26H18N6O3S/c27-14-18-10-4-7-13-21(18)28-22(33)16-36-26-30-29-24(35-26)23-19-11-5-6-12-20(19)25(34)32(31-23)15-17-8-2-1-3-9-17/h1-13H,15-16H2,(H,28,33). The Kier molecular flexibility index (Phi) is 6.55. The molecule has 2 aromatic heterocycles. The van der Waals surface area contributed by atoms with E-state index >= 15 is 0 Å². The minimum atomic E-state index is -0.317. The number of nitrogens with zero attached hydrogens (tertiary/aromatic N) is 5. The molecule has 0 atom stereocenters. The highest BCUT2D eigenvalue weighted by Gasteiger charge is 2.18. The Balaban J connectivity index is 1.38. The van der Waals surface area contributed by atoms with Crippen molar-refractivity contribution in [1.82, 2.24) is 20.0 Å². The Morgan fingerprint density at radius 1 is 0.972 bits per heavy atom. The molecular formula is C26H18N6O3S. The maximum atomic E-state index is 13.1. The number of carbonyl (C=O) groups is 1. The molecule has 0 aliphatic rings. The molecule has 1 N–H and O–H groups in total. The van der Waals surface area contributed by atoms with Crippen LogP contribution in [0.15, 0.2) is 93.3 Å². The summed E-state index contributed by atoms with van der Waals surface area (Å²) in [7, 11) is 0. The van der Waals surface area contributed by atoms with Gasteiger partial charge in [0.15, 0.2) is 5.69 Å². The summed E-state index contributed by atoms with van der Waals surface area (Å²) in [5.41, 5.74) is 1.90. The first-order valence-electron chi connectivity index (χ1n) is 10.9. The SMILES string of the molecule is N#Cc1ccccc1NC(=O)CSc1nnc(-c2nn(Cc3ccccc3)c(=O)c3ccccc23)o1. The fourth-order valence-electron chi connectivity index (χ4n) is 3.62. The summed E-state index contributed by atoms with van der Waals surface area (Å²) in [5, 5.41) is 25.8. The minimum absolute atomic E-state index is 0.00305. The van der Waals surface area contributed by atoms with E-state index in [4.69, 9.17) is 4.42 Å². The number of para-hydroxylation sites is 1. The lowest BCUT2D eigenvalue weighted by atomic mass is 10.1. The predicted molar refractivity (Wildman–Crippen MR) is 135 cm³/mol. The number of aromatic nitrogens is 4. The highest BCUT2D eigenvalue weighted by atomic mass is 32.2. The van der Waals surface area contributed by atoms with Gasteiger partial charge in [0.05, 0.1) is 28.9 Å². The van der Waals surface area contributed by atoms with Gasteiger partial charge in [-0.15, -0.1) is 10.2 Å². The van der Waals surface area contributed by atoms with Crippen LogP contribution in [-0.2, 0) is 11.3 Å². The lowest BCUT2D eigenvalue weighted by Crippen LogP contribution is -2.24. The third kappa shape index (κ3) is 4.87. The van der Waals surface area contributed by atoms with Crippen LogP contribution in [0.2, 0.25) is 0 Å². The van der Waals surface area contributed by atoms with Gasteiger partial charge in [0.1, 0.15) is 6.07 Å². The second-order valence-corrected chi connectivity index (χ2v) is 8.64. The van der Waals surface area contributed by atoms with Crippen LogP contribution in [0.25, 0.3) is 22.4 Å². The highest BCUT2D eigenvalue weighted by molar-refractivity contribution is 7.99. The van der Waals surface area contributed by atoms with Crippen molar-refractivity contribution in [2.24, 2.45) is 0 Å². The fourth-order valence-corrected chi connectivity index (χ4v) is 4.19. The molecule has 1 amide bonds. The Morgan fingerprint density at radius 3 is 2.50 bits per heavy atom. The average molecular weight is 495 g/mol. The molecule has 0 aliphatic carbocycles. The summed E-state index contributed by atoms with van der Waals surface area (Å²) in [6.45, 7) is 0.289. The summed E-state index contributed by atoms with van der Waals surface area (Å²) in [4.78, 5) is 25.4. The Labute approximate surface area is 209 Å². The minimum Gasteiger partial charge on any atom is -0.409 e. The van der Waals surface area contributed by atoms with E-state index in [0.29, 0.717) is 27.7 Å². The lowest BCUT2D eigenvalue weighted by molar-refractivity contribution is -0.113. The molecular weight excluding hydrogens is 476 g/mol. The number of fused-ring (bicyclic) bond motifs is 1. The lowest BCUT2D eigenvalue weighted by Gasteiger charge is -2.09. The molecule has 0 saturated carbocycles. The normalized spacial score (nSPS) is 10.8. The van der Waals surface area contributed by atoms with Gasteiger partial charge in [-0.25, -0.2) is 4.68 Å². The third-order valence-corrected chi connectivity index (χ3v) is 6.12. The number of carbonyl (C=O) groups excluding carboxylic acids is 1. The summed E-state index contributed by atoms with van der Waals surface area (Å²) >= 11 is 1.06. The highest BCUT2D eigenvalue weighted by Crippen LogP contribution is 2.27. The Hall–Kier alpha value is -4.75. The maximum absolute atomic E-state index is 13.1. The molecule has 0 saturated heterocycles. The quantitative estimate of drug-likeness (QED) is 0.335. The number of benzene rings is 3. The van der Waals surface area contributed by atoms with Crippen molar-refractivity contribution in [2.45, 2.75) is 11.8 Å². The number of amides is 1. The molecule has 3 aromatic carbocycles. The Bertz CT molecular complexity index is 1660. The largest absolute Gasteiger partial charge is 0.409 e. The number of anilines is 1. The van der Waals surface area contributed by atoms with Crippen molar-refractivity contribution in [3.63, 3.8) is 0 Å². The average Bonchev–Trinajstić information content (AvgIpc) is 3.39. The van der Waals surface area contributed by atoms with E-state index in [2.05, 4.69) is 20.6 Å². The summed E-state index contributed by atoms with van der Waals surface area (Å²) in [6, 6.07) is 25.5. The van der Waals surface area contributed by atoms with Crippen LogP contribution in [0.5, 0.6) is 0 Å². The van der Waals surface area contributed by atoms with Crippen LogP contribution >= 0.6 is 11.8 Å². The van der Waals surface area contributed by atoms with Crippen molar-refractivity contribution in [3.8, 4) is 17.7 Å². The monoisotopic (exact) mass is 494 g/mol. The molecule has 0 bridgehead atoms. The van der Waals surface area contributed by atoms with Crippen LogP contribution in [0.1, 0.15) is 11.1 Å². The molecule has 0 radical (unpaired) electrons. The van der Waals surface area contributed by atoms with Gasteiger partial charge in [0.2, 0.25) is 5.91 Å². The van der Waals surface area contributed by atoms with E-state index < -0.39 is 0 Å². The number of thioether (sulfide) groups is 1. The van der Waals surface area contributed by atoms with Gasteiger partial charge in [-0.1, -0.05) is 72.4 Å². The van der Waals surface area contributed by atoms with Gasteiger partial charge in [-0.3, -0.25) is 9.59 Å².